The highest BCUT2D eigenvalue weighted by molar-refractivity contribution is 5.92. The first-order chi connectivity index (χ1) is 10.3. The van der Waals surface area contributed by atoms with Gasteiger partial charge in [-0.3, -0.25) is 0 Å². The zero-order valence-corrected chi connectivity index (χ0v) is 14.4. The minimum Gasteiger partial charge on any atom is -0.454 e. The van der Waals surface area contributed by atoms with Crippen molar-refractivity contribution in [1.82, 2.24) is 0 Å². The van der Waals surface area contributed by atoms with Crippen molar-refractivity contribution in [2.45, 2.75) is 72.3 Å². The van der Waals surface area contributed by atoms with Gasteiger partial charge in [-0.15, -0.1) is 0 Å². The molecule has 4 unspecified atom stereocenters. The molecule has 2 fully saturated rings. The number of carbonyl (C=O) groups is 1. The lowest BCUT2D eigenvalue weighted by Gasteiger charge is -2.59. The molecule has 0 spiro atoms. The van der Waals surface area contributed by atoms with Crippen LogP contribution in [0, 0.1) is 22.7 Å². The Hall–Kier alpha value is -1.05. The van der Waals surface area contributed by atoms with Gasteiger partial charge in [0.2, 0.25) is 0 Å². The second-order valence-corrected chi connectivity index (χ2v) is 8.92. The van der Waals surface area contributed by atoms with Crippen LogP contribution in [0.25, 0.3) is 0 Å². The second-order valence-electron chi connectivity index (χ2n) is 8.92. The topological polar surface area (TPSA) is 26.3 Å². The maximum Gasteiger partial charge on any atom is 0.334 e. The summed E-state index contributed by atoms with van der Waals surface area (Å²) in [7, 11) is 0. The third-order valence-corrected chi connectivity index (χ3v) is 7.37. The average molecular weight is 300 g/mol. The normalized spacial score (nSPS) is 43.0. The summed E-state index contributed by atoms with van der Waals surface area (Å²) in [5.41, 5.74) is 4.46. The van der Waals surface area contributed by atoms with E-state index < -0.39 is 0 Å². The van der Waals surface area contributed by atoms with Crippen molar-refractivity contribution in [3.63, 3.8) is 0 Å². The molecule has 0 amide bonds. The molecule has 4 rings (SSSR count). The monoisotopic (exact) mass is 300 g/mol. The van der Waals surface area contributed by atoms with E-state index in [9.17, 15) is 4.79 Å². The molecule has 4 aliphatic rings. The van der Waals surface area contributed by atoms with E-state index in [1.165, 1.54) is 37.7 Å². The molecule has 0 saturated heterocycles. The quantitative estimate of drug-likeness (QED) is 0.601. The highest BCUT2D eigenvalue weighted by Gasteiger charge is 2.55. The number of carbonyl (C=O) groups excluding carboxylic acids is 1. The van der Waals surface area contributed by atoms with E-state index in [0.717, 1.165) is 17.9 Å². The zero-order valence-electron chi connectivity index (χ0n) is 14.4. The van der Waals surface area contributed by atoms with E-state index in [1.54, 1.807) is 5.57 Å². The lowest BCUT2D eigenvalue weighted by atomic mass is 9.46. The molecule has 22 heavy (non-hydrogen) atoms. The van der Waals surface area contributed by atoms with Gasteiger partial charge in [0.25, 0.3) is 0 Å². The van der Waals surface area contributed by atoms with E-state index in [0.29, 0.717) is 16.7 Å². The van der Waals surface area contributed by atoms with Gasteiger partial charge in [0.1, 0.15) is 6.10 Å². The van der Waals surface area contributed by atoms with E-state index >= 15 is 0 Å². The van der Waals surface area contributed by atoms with Crippen molar-refractivity contribution >= 4 is 5.97 Å². The fraction of sp³-hybridized carbons (Fsp3) is 0.750. The van der Waals surface area contributed by atoms with Crippen LogP contribution in [0.15, 0.2) is 22.8 Å². The Morgan fingerprint density at radius 3 is 2.77 bits per heavy atom. The highest BCUT2D eigenvalue weighted by Crippen LogP contribution is 2.63. The van der Waals surface area contributed by atoms with Gasteiger partial charge in [-0.05, 0) is 61.7 Å². The smallest absolute Gasteiger partial charge is 0.334 e. The average Bonchev–Trinajstić information content (AvgIpc) is 2.72. The number of allylic oxidation sites excluding steroid dienone is 1. The van der Waals surface area contributed by atoms with Crippen LogP contribution in [0.3, 0.4) is 0 Å². The zero-order chi connectivity index (χ0) is 15.7. The molecule has 0 aromatic carbocycles. The molecule has 120 valence electrons. The van der Waals surface area contributed by atoms with E-state index in [4.69, 9.17) is 4.74 Å². The Balaban J connectivity index is 1.74. The van der Waals surface area contributed by atoms with Gasteiger partial charge in [0.05, 0.1) is 0 Å². The standard InChI is InChI=1S/C20H28O2/c1-12-14-10-13-6-7-17-19(2,3)8-5-9-20(17,4)15(13)11-16(14)22-18(12)21/h10,15-17H,5-9,11H2,1-4H3. The lowest BCUT2D eigenvalue weighted by molar-refractivity contribution is -0.141. The first-order valence-electron chi connectivity index (χ1n) is 8.95. The van der Waals surface area contributed by atoms with Gasteiger partial charge < -0.3 is 4.74 Å². The summed E-state index contributed by atoms with van der Waals surface area (Å²) in [6, 6.07) is 0. The molecule has 0 aromatic rings. The van der Waals surface area contributed by atoms with Crippen LogP contribution >= 0.6 is 0 Å². The van der Waals surface area contributed by atoms with Gasteiger partial charge in [0, 0.05) is 11.1 Å². The Morgan fingerprint density at radius 1 is 1.23 bits per heavy atom. The van der Waals surface area contributed by atoms with Crippen molar-refractivity contribution in [2.75, 3.05) is 0 Å². The van der Waals surface area contributed by atoms with Crippen LogP contribution in [0.5, 0.6) is 0 Å². The fourth-order valence-corrected chi connectivity index (χ4v) is 6.24. The van der Waals surface area contributed by atoms with Crippen LogP contribution in [-0.2, 0) is 9.53 Å². The maximum atomic E-state index is 11.9. The van der Waals surface area contributed by atoms with Gasteiger partial charge in [-0.25, -0.2) is 4.79 Å². The highest BCUT2D eigenvalue weighted by atomic mass is 16.5. The number of rotatable bonds is 0. The Kier molecular flexibility index (Phi) is 2.97. The predicted molar refractivity (Wildman–Crippen MR) is 87.2 cm³/mol. The number of esters is 1. The molecular weight excluding hydrogens is 272 g/mol. The van der Waals surface area contributed by atoms with Crippen molar-refractivity contribution in [3.05, 3.63) is 22.8 Å². The van der Waals surface area contributed by atoms with E-state index in [2.05, 4.69) is 26.8 Å². The summed E-state index contributed by atoms with van der Waals surface area (Å²) in [6.07, 6.45) is 9.96. The van der Waals surface area contributed by atoms with Crippen molar-refractivity contribution in [1.29, 1.82) is 0 Å². The van der Waals surface area contributed by atoms with Gasteiger partial charge in [-0.1, -0.05) is 38.8 Å². The fourth-order valence-electron chi connectivity index (χ4n) is 6.24. The molecule has 2 nitrogen and oxygen atoms in total. The van der Waals surface area contributed by atoms with Crippen molar-refractivity contribution in [3.8, 4) is 0 Å². The first-order valence-corrected chi connectivity index (χ1v) is 8.95. The van der Waals surface area contributed by atoms with Gasteiger partial charge in [0.15, 0.2) is 0 Å². The number of fused-ring (bicyclic) bond motifs is 4. The molecule has 3 aliphatic carbocycles. The molecule has 4 atom stereocenters. The lowest BCUT2D eigenvalue weighted by Crippen LogP contribution is -2.51. The van der Waals surface area contributed by atoms with Crippen molar-refractivity contribution in [2.24, 2.45) is 22.7 Å². The molecule has 0 radical (unpaired) electrons. The molecule has 2 saturated carbocycles. The predicted octanol–water partition coefficient (Wildman–Crippen LogP) is 4.80. The number of hydrogen-bond acceptors (Lipinski definition) is 2. The molecule has 2 heteroatoms. The van der Waals surface area contributed by atoms with E-state index in [1.807, 2.05) is 6.92 Å². The molecule has 0 bridgehead atoms. The van der Waals surface area contributed by atoms with Crippen LogP contribution in [0.2, 0.25) is 0 Å². The molecule has 0 N–H and O–H groups in total. The minimum absolute atomic E-state index is 0.0295. The van der Waals surface area contributed by atoms with Gasteiger partial charge in [-0.2, -0.15) is 0 Å². The summed E-state index contributed by atoms with van der Waals surface area (Å²) in [5, 5.41) is 0. The third-order valence-electron chi connectivity index (χ3n) is 7.37. The van der Waals surface area contributed by atoms with Crippen molar-refractivity contribution < 1.29 is 9.53 Å². The van der Waals surface area contributed by atoms with Gasteiger partial charge >= 0.3 is 5.97 Å². The largest absolute Gasteiger partial charge is 0.454 e. The molecule has 0 aromatic heterocycles. The minimum atomic E-state index is -0.0961. The molecule has 1 heterocycles. The van der Waals surface area contributed by atoms with Crippen LogP contribution < -0.4 is 0 Å². The molecule has 1 aliphatic heterocycles. The number of hydrogen-bond donors (Lipinski definition) is 0. The summed E-state index contributed by atoms with van der Waals surface area (Å²) in [4.78, 5) is 11.9. The Morgan fingerprint density at radius 2 is 2.00 bits per heavy atom. The van der Waals surface area contributed by atoms with Crippen LogP contribution in [0.4, 0.5) is 0 Å². The molecular formula is C20H28O2. The first kappa shape index (κ1) is 14.5. The summed E-state index contributed by atoms with van der Waals surface area (Å²) in [6.45, 7) is 9.38. The summed E-state index contributed by atoms with van der Waals surface area (Å²) >= 11 is 0. The SMILES string of the molecule is CC1=C2C=C3CCC4C(C)(C)CCCC4(C)C3CC2OC1=O. The Labute approximate surface area is 134 Å². The van der Waals surface area contributed by atoms with Crippen LogP contribution in [0.1, 0.15) is 66.2 Å². The van der Waals surface area contributed by atoms with Crippen LogP contribution in [-0.4, -0.2) is 12.1 Å². The summed E-state index contributed by atoms with van der Waals surface area (Å²) < 4.78 is 5.65. The maximum absolute atomic E-state index is 11.9. The Bertz CT molecular complexity index is 595. The van der Waals surface area contributed by atoms with E-state index in [-0.39, 0.29) is 12.1 Å². The summed E-state index contributed by atoms with van der Waals surface area (Å²) in [5.74, 6) is 1.32. The third kappa shape index (κ3) is 1.82. The second kappa shape index (κ2) is 4.49. The number of ether oxygens (including phenoxy) is 1.